The average Bonchev–Trinajstić information content (AvgIpc) is 3.16. The molecule has 31 heavy (non-hydrogen) atoms. The van der Waals surface area contributed by atoms with E-state index in [2.05, 4.69) is 55.5 Å². The molecule has 0 spiro atoms. The molecule has 3 aromatic carbocycles. The maximum atomic E-state index is 11.5. The summed E-state index contributed by atoms with van der Waals surface area (Å²) in [5.41, 5.74) is 9.07. The number of fused-ring (bicyclic) bond motifs is 3. The summed E-state index contributed by atoms with van der Waals surface area (Å²) >= 11 is 0. The molecule has 0 atom stereocenters. The normalized spacial score (nSPS) is 12.3. The van der Waals surface area contributed by atoms with Gasteiger partial charge in [0.15, 0.2) is 0 Å². The van der Waals surface area contributed by atoms with Crippen molar-refractivity contribution in [3.63, 3.8) is 0 Å². The van der Waals surface area contributed by atoms with Crippen LogP contribution in [0.25, 0.3) is 16.7 Å². The van der Waals surface area contributed by atoms with Gasteiger partial charge in [0.1, 0.15) is 12.4 Å². The van der Waals surface area contributed by atoms with E-state index in [1.54, 1.807) is 0 Å². The van der Waals surface area contributed by atoms with Gasteiger partial charge in [-0.2, -0.15) is 0 Å². The highest BCUT2D eigenvalue weighted by atomic mass is 16.5. The second-order valence-electron chi connectivity index (χ2n) is 7.85. The number of benzene rings is 3. The summed E-state index contributed by atoms with van der Waals surface area (Å²) in [5, 5.41) is 0. The van der Waals surface area contributed by atoms with Crippen LogP contribution < -0.4 is 4.74 Å². The Hall–Kier alpha value is -3.33. The molecule has 0 saturated heterocycles. The minimum Gasteiger partial charge on any atom is -0.490 e. The second kappa shape index (κ2) is 9.65. The molecule has 0 aliphatic heterocycles. The van der Waals surface area contributed by atoms with Crippen molar-refractivity contribution >= 4 is 11.5 Å². The van der Waals surface area contributed by atoms with Crippen molar-refractivity contribution in [2.75, 3.05) is 13.2 Å². The molecule has 0 aromatic heterocycles. The Morgan fingerprint density at radius 3 is 2.55 bits per heavy atom. The zero-order valence-electron chi connectivity index (χ0n) is 18.2. The summed E-state index contributed by atoms with van der Waals surface area (Å²) in [6, 6.07) is 23.3. The third kappa shape index (κ3) is 5.05. The summed E-state index contributed by atoms with van der Waals surface area (Å²) in [7, 11) is 0. The number of hydrogen-bond acceptors (Lipinski definition) is 3. The van der Waals surface area contributed by atoms with Gasteiger partial charge in [-0.25, -0.2) is 0 Å². The van der Waals surface area contributed by atoms with Gasteiger partial charge in [-0.05, 0) is 83.9 Å². The van der Waals surface area contributed by atoms with Gasteiger partial charge in [-0.15, -0.1) is 0 Å². The molecule has 0 bridgehead atoms. The van der Waals surface area contributed by atoms with E-state index in [9.17, 15) is 4.79 Å². The number of carbonyl (C=O) groups is 1. The first-order chi connectivity index (χ1) is 15.1. The molecule has 0 amide bonds. The van der Waals surface area contributed by atoms with Gasteiger partial charge in [-0.1, -0.05) is 54.6 Å². The molecule has 0 unspecified atom stereocenters. The highest BCUT2D eigenvalue weighted by molar-refractivity contribution is 5.79. The standard InChI is InChI=1S/C28H28O3/c1-3-30-28(29)15-10-21-8-12-25(13-9-21)31-17-16-20(2)22-11-14-27-24(18-22)19-23-6-4-5-7-26(23)27/h4-9,11-14,16,18H,3,10,15,17,19H2,1-2H3. The molecule has 158 valence electrons. The number of hydrogen-bond donors (Lipinski definition) is 0. The fraction of sp³-hybridized carbons (Fsp3) is 0.250. The number of carbonyl (C=O) groups excluding carboxylic acids is 1. The quantitative estimate of drug-likeness (QED) is 0.322. The fourth-order valence-electron chi connectivity index (χ4n) is 4.00. The first-order valence-electron chi connectivity index (χ1n) is 10.9. The van der Waals surface area contributed by atoms with Crippen molar-refractivity contribution in [3.05, 3.63) is 95.1 Å². The lowest BCUT2D eigenvalue weighted by Crippen LogP contribution is -2.05. The Balaban J connectivity index is 1.32. The maximum Gasteiger partial charge on any atom is 0.306 e. The van der Waals surface area contributed by atoms with Crippen LogP contribution in [0.3, 0.4) is 0 Å². The number of allylic oxidation sites excluding steroid dienone is 1. The fourth-order valence-corrected chi connectivity index (χ4v) is 4.00. The third-order valence-electron chi connectivity index (χ3n) is 5.74. The van der Waals surface area contributed by atoms with Crippen LogP contribution in [0.4, 0.5) is 0 Å². The van der Waals surface area contributed by atoms with Crippen molar-refractivity contribution in [3.8, 4) is 16.9 Å². The van der Waals surface area contributed by atoms with Crippen LogP contribution in [-0.2, 0) is 22.4 Å². The summed E-state index contributed by atoms with van der Waals surface area (Å²) < 4.78 is 10.9. The molecule has 1 aliphatic carbocycles. The first-order valence-corrected chi connectivity index (χ1v) is 10.9. The first kappa shape index (κ1) is 20.9. The largest absolute Gasteiger partial charge is 0.490 e. The molecule has 3 nitrogen and oxygen atoms in total. The molecule has 0 heterocycles. The van der Waals surface area contributed by atoms with Crippen molar-refractivity contribution < 1.29 is 14.3 Å². The van der Waals surface area contributed by atoms with E-state index < -0.39 is 0 Å². The van der Waals surface area contributed by atoms with Crippen molar-refractivity contribution in [2.45, 2.75) is 33.1 Å². The van der Waals surface area contributed by atoms with Crippen molar-refractivity contribution in [1.29, 1.82) is 0 Å². The molecule has 0 saturated carbocycles. The van der Waals surface area contributed by atoms with Gasteiger partial charge in [-0.3, -0.25) is 4.79 Å². The number of ether oxygens (including phenoxy) is 2. The predicted octanol–water partition coefficient (Wildman–Crippen LogP) is 6.24. The zero-order chi connectivity index (χ0) is 21.6. The number of esters is 1. The van der Waals surface area contributed by atoms with Gasteiger partial charge in [0, 0.05) is 6.42 Å². The van der Waals surface area contributed by atoms with Crippen LogP contribution in [0.5, 0.6) is 5.75 Å². The van der Waals surface area contributed by atoms with E-state index in [-0.39, 0.29) is 5.97 Å². The van der Waals surface area contributed by atoms with Crippen LogP contribution in [0.1, 0.15) is 42.5 Å². The molecule has 1 aliphatic rings. The molecule has 0 radical (unpaired) electrons. The highest BCUT2D eigenvalue weighted by Crippen LogP contribution is 2.37. The summed E-state index contributed by atoms with van der Waals surface area (Å²) in [6.45, 7) is 4.90. The van der Waals surface area contributed by atoms with Gasteiger partial charge in [0.25, 0.3) is 0 Å². The Morgan fingerprint density at radius 2 is 1.74 bits per heavy atom. The summed E-state index contributed by atoms with van der Waals surface area (Å²) in [6.07, 6.45) is 4.21. The second-order valence-corrected chi connectivity index (χ2v) is 7.85. The summed E-state index contributed by atoms with van der Waals surface area (Å²) in [5.74, 6) is 0.673. The Labute approximate surface area is 184 Å². The number of aryl methyl sites for hydroxylation is 1. The molecule has 3 aromatic rings. The van der Waals surface area contributed by atoms with Crippen molar-refractivity contribution in [1.82, 2.24) is 0 Å². The topological polar surface area (TPSA) is 35.5 Å². The molecule has 0 fully saturated rings. The Kier molecular flexibility index (Phi) is 6.51. The third-order valence-corrected chi connectivity index (χ3v) is 5.74. The minimum atomic E-state index is -0.154. The van der Waals surface area contributed by atoms with Crippen molar-refractivity contribution in [2.24, 2.45) is 0 Å². The van der Waals surface area contributed by atoms with Crippen LogP contribution in [0.2, 0.25) is 0 Å². The maximum absolute atomic E-state index is 11.5. The number of rotatable bonds is 8. The molecule has 0 N–H and O–H groups in total. The lowest BCUT2D eigenvalue weighted by molar-refractivity contribution is -0.143. The van der Waals surface area contributed by atoms with E-state index in [1.165, 1.54) is 33.4 Å². The molecular weight excluding hydrogens is 384 g/mol. The smallest absolute Gasteiger partial charge is 0.306 e. The minimum absolute atomic E-state index is 0.154. The van der Waals surface area contributed by atoms with E-state index in [1.807, 2.05) is 31.2 Å². The lowest BCUT2D eigenvalue weighted by atomic mass is 10.00. The van der Waals surface area contributed by atoms with Crippen LogP contribution >= 0.6 is 0 Å². The van der Waals surface area contributed by atoms with Gasteiger partial charge in [0.05, 0.1) is 6.61 Å². The van der Waals surface area contributed by atoms with E-state index >= 15 is 0 Å². The SMILES string of the molecule is CCOC(=O)CCc1ccc(OCC=C(C)c2ccc3c(c2)Cc2ccccc2-3)cc1. The molecule has 4 rings (SSSR count). The van der Waals surface area contributed by atoms with E-state index in [0.717, 1.165) is 17.7 Å². The van der Waals surface area contributed by atoms with Gasteiger partial charge >= 0.3 is 5.97 Å². The highest BCUT2D eigenvalue weighted by Gasteiger charge is 2.17. The monoisotopic (exact) mass is 412 g/mol. The Bertz CT molecular complexity index is 1090. The Morgan fingerprint density at radius 1 is 0.968 bits per heavy atom. The predicted molar refractivity (Wildman–Crippen MR) is 125 cm³/mol. The average molecular weight is 413 g/mol. The van der Waals surface area contributed by atoms with E-state index in [0.29, 0.717) is 26.1 Å². The van der Waals surface area contributed by atoms with Crippen LogP contribution in [0, 0.1) is 0 Å². The molecular formula is C28H28O3. The van der Waals surface area contributed by atoms with E-state index in [4.69, 9.17) is 9.47 Å². The zero-order valence-corrected chi connectivity index (χ0v) is 18.2. The molecule has 3 heteroatoms. The van der Waals surface area contributed by atoms with Crippen LogP contribution in [0.15, 0.2) is 72.8 Å². The van der Waals surface area contributed by atoms with Crippen LogP contribution in [-0.4, -0.2) is 19.2 Å². The van der Waals surface area contributed by atoms with Gasteiger partial charge in [0.2, 0.25) is 0 Å². The van der Waals surface area contributed by atoms with Gasteiger partial charge < -0.3 is 9.47 Å². The lowest BCUT2D eigenvalue weighted by Gasteiger charge is -2.08. The summed E-state index contributed by atoms with van der Waals surface area (Å²) in [4.78, 5) is 11.5.